The van der Waals surface area contributed by atoms with Crippen LogP contribution in [0.15, 0.2) is 48.5 Å². The summed E-state index contributed by atoms with van der Waals surface area (Å²) in [5.74, 6) is 0.161. The Labute approximate surface area is 126 Å². The molecule has 3 aromatic rings. The van der Waals surface area contributed by atoms with Gasteiger partial charge >= 0.3 is 0 Å². The van der Waals surface area contributed by atoms with Crippen molar-refractivity contribution < 1.29 is 4.79 Å². The van der Waals surface area contributed by atoms with E-state index >= 15 is 0 Å². The third-order valence-electron chi connectivity index (χ3n) is 3.51. The molecule has 1 aromatic heterocycles. The lowest BCUT2D eigenvalue weighted by atomic mass is 9.96. The maximum absolute atomic E-state index is 11.5. The predicted molar refractivity (Wildman–Crippen MR) is 87.1 cm³/mol. The minimum atomic E-state index is 0.161. The van der Waals surface area contributed by atoms with Crippen LogP contribution in [0.1, 0.15) is 11.1 Å². The first-order chi connectivity index (χ1) is 10.3. The average molecular weight is 292 g/mol. The monoisotopic (exact) mass is 292 g/mol. The third-order valence-corrected chi connectivity index (χ3v) is 4.53. The van der Waals surface area contributed by atoms with E-state index in [1.165, 1.54) is 0 Å². The number of para-hydroxylation sites is 1. The normalized spacial score (nSPS) is 13.4. The summed E-state index contributed by atoms with van der Waals surface area (Å²) < 4.78 is 1.13. The first kappa shape index (κ1) is 12.3. The number of thiazole rings is 1. The maximum Gasteiger partial charge on any atom is 0.188 e. The van der Waals surface area contributed by atoms with Crippen molar-refractivity contribution in [3.05, 3.63) is 59.7 Å². The van der Waals surface area contributed by atoms with Gasteiger partial charge < -0.3 is 5.32 Å². The lowest BCUT2D eigenvalue weighted by molar-refractivity contribution is -0.114. The lowest BCUT2D eigenvalue weighted by Gasteiger charge is -2.09. The van der Waals surface area contributed by atoms with E-state index in [-0.39, 0.29) is 5.78 Å². The Hall–Kier alpha value is -2.46. The SMILES string of the molecule is O=C1C=Cc2c(ccc3nc(Nc4ccccc4)sc23)C1. The topological polar surface area (TPSA) is 42.0 Å². The molecule has 21 heavy (non-hydrogen) atoms. The Balaban J connectivity index is 1.78. The van der Waals surface area contributed by atoms with Crippen LogP contribution in [0.25, 0.3) is 16.3 Å². The standard InChI is InChI=1S/C17H12N2OS/c20-13-7-8-14-11(10-13)6-9-15-16(14)21-17(19-15)18-12-4-2-1-3-5-12/h1-9H,10H2,(H,18,19). The van der Waals surface area contributed by atoms with Crippen LogP contribution in [-0.2, 0) is 11.2 Å². The summed E-state index contributed by atoms with van der Waals surface area (Å²) in [4.78, 5) is 16.1. The van der Waals surface area contributed by atoms with Gasteiger partial charge in [0.2, 0.25) is 0 Å². The number of allylic oxidation sites excluding steroid dienone is 1. The van der Waals surface area contributed by atoms with E-state index in [9.17, 15) is 4.79 Å². The number of nitrogens with one attached hydrogen (secondary N) is 1. The average Bonchev–Trinajstić information content (AvgIpc) is 2.90. The highest BCUT2D eigenvalue weighted by atomic mass is 32.1. The number of fused-ring (bicyclic) bond motifs is 3. The van der Waals surface area contributed by atoms with Crippen molar-refractivity contribution in [3.63, 3.8) is 0 Å². The molecule has 1 aliphatic rings. The van der Waals surface area contributed by atoms with Gasteiger partial charge in [-0.2, -0.15) is 0 Å². The van der Waals surface area contributed by atoms with Crippen molar-refractivity contribution in [1.29, 1.82) is 0 Å². The van der Waals surface area contributed by atoms with Gasteiger partial charge in [0.05, 0.1) is 10.2 Å². The lowest BCUT2D eigenvalue weighted by Crippen LogP contribution is -2.04. The van der Waals surface area contributed by atoms with E-state index in [4.69, 9.17) is 0 Å². The number of ketones is 1. The van der Waals surface area contributed by atoms with Gasteiger partial charge in [0.15, 0.2) is 10.9 Å². The Kier molecular flexibility index (Phi) is 2.82. The summed E-state index contributed by atoms with van der Waals surface area (Å²) in [6, 6.07) is 14.0. The predicted octanol–water partition coefficient (Wildman–Crippen LogP) is 4.18. The summed E-state index contributed by atoms with van der Waals surface area (Å²) in [7, 11) is 0. The number of hydrogen-bond donors (Lipinski definition) is 1. The first-order valence-electron chi connectivity index (χ1n) is 6.75. The molecule has 0 aliphatic heterocycles. The van der Waals surface area contributed by atoms with Crippen LogP contribution in [0.3, 0.4) is 0 Å². The molecule has 0 fully saturated rings. The van der Waals surface area contributed by atoms with Gasteiger partial charge in [-0.05, 0) is 41.5 Å². The van der Waals surface area contributed by atoms with Crippen molar-refractivity contribution >= 4 is 44.2 Å². The highest BCUT2D eigenvalue weighted by molar-refractivity contribution is 7.22. The van der Waals surface area contributed by atoms with Crippen molar-refractivity contribution in [2.75, 3.05) is 5.32 Å². The van der Waals surface area contributed by atoms with E-state index < -0.39 is 0 Å². The molecule has 0 bridgehead atoms. The van der Waals surface area contributed by atoms with Gasteiger partial charge in [-0.25, -0.2) is 4.98 Å². The Morgan fingerprint density at radius 2 is 1.90 bits per heavy atom. The Bertz CT molecular complexity index is 865. The summed E-state index contributed by atoms with van der Waals surface area (Å²) >= 11 is 1.62. The zero-order valence-corrected chi connectivity index (χ0v) is 12.0. The summed E-state index contributed by atoms with van der Waals surface area (Å²) in [6.07, 6.45) is 4.06. The van der Waals surface area contributed by atoms with Crippen molar-refractivity contribution in [2.45, 2.75) is 6.42 Å². The van der Waals surface area contributed by atoms with E-state index in [2.05, 4.69) is 10.3 Å². The highest BCUT2D eigenvalue weighted by Gasteiger charge is 2.15. The van der Waals surface area contributed by atoms with Gasteiger partial charge in [0.25, 0.3) is 0 Å². The summed E-state index contributed by atoms with van der Waals surface area (Å²) in [6.45, 7) is 0. The molecule has 0 saturated carbocycles. The Morgan fingerprint density at radius 3 is 2.76 bits per heavy atom. The molecule has 102 valence electrons. The second kappa shape index (κ2) is 4.82. The number of rotatable bonds is 2. The van der Waals surface area contributed by atoms with E-state index in [0.29, 0.717) is 6.42 Å². The van der Waals surface area contributed by atoms with Crippen LogP contribution in [0.5, 0.6) is 0 Å². The van der Waals surface area contributed by atoms with Gasteiger partial charge in [0.1, 0.15) is 0 Å². The summed E-state index contributed by atoms with van der Waals surface area (Å²) in [5, 5.41) is 4.20. The molecule has 0 atom stereocenters. The van der Waals surface area contributed by atoms with Gasteiger partial charge in [-0.15, -0.1) is 0 Å². The summed E-state index contributed by atoms with van der Waals surface area (Å²) in [5.41, 5.74) is 4.21. The van der Waals surface area contributed by atoms with E-state index in [1.54, 1.807) is 17.4 Å². The second-order valence-corrected chi connectivity index (χ2v) is 5.97. The van der Waals surface area contributed by atoms with Gasteiger partial charge in [-0.3, -0.25) is 4.79 Å². The molecule has 1 heterocycles. The van der Waals surface area contributed by atoms with Gasteiger partial charge in [-0.1, -0.05) is 35.6 Å². The number of carbonyl (C=O) groups is 1. The van der Waals surface area contributed by atoms with Crippen LogP contribution in [0, 0.1) is 0 Å². The molecule has 2 aromatic carbocycles. The molecular formula is C17H12N2OS. The largest absolute Gasteiger partial charge is 0.332 e. The number of hydrogen-bond acceptors (Lipinski definition) is 4. The van der Waals surface area contributed by atoms with Crippen molar-refractivity contribution in [3.8, 4) is 0 Å². The fourth-order valence-electron chi connectivity index (χ4n) is 2.51. The smallest absolute Gasteiger partial charge is 0.188 e. The minimum Gasteiger partial charge on any atom is -0.332 e. The molecule has 0 unspecified atom stereocenters. The second-order valence-electron chi connectivity index (χ2n) is 4.97. The van der Waals surface area contributed by atoms with Crippen molar-refractivity contribution in [1.82, 2.24) is 4.98 Å². The number of nitrogens with zero attached hydrogens (tertiary/aromatic N) is 1. The van der Waals surface area contributed by atoms with Crippen LogP contribution in [0.4, 0.5) is 10.8 Å². The van der Waals surface area contributed by atoms with Crippen LogP contribution in [0.2, 0.25) is 0 Å². The molecule has 4 rings (SSSR count). The molecule has 0 spiro atoms. The first-order valence-corrected chi connectivity index (χ1v) is 7.57. The number of carbonyl (C=O) groups excluding carboxylic acids is 1. The zero-order valence-electron chi connectivity index (χ0n) is 11.2. The number of aromatic nitrogens is 1. The minimum absolute atomic E-state index is 0.161. The molecule has 0 amide bonds. The molecule has 1 aliphatic carbocycles. The van der Waals surface area contributed by atoms with Crippen molar-refractivity contribution in [2.24, 2.45) is 0 Å². The fourth-order valence-corrected chi connectivity index (χ4v) is 3.54. The van der Waals surface area contributed by atoms with Crippen LogP contribution < -0.4 is 5.32 Å². The number of benzene rings is 2. The quantitative estimate of drug-likeness (QED) is 0.770. The molecule has 0 radical (unpaired) electrons. The zero-order chi connectivity index (χ0) is 14.2. The molecular weight excluding hydrogens is 280 g/mol. The molecule has 1 N–H and O–H groups in total. The van der Waals surface area contributed by atoms with Crippen LogP contribution >= 0.6 is 11.3 Å². The molecule has 0 saturated heterocycles. The number of anilines is 2. The highest BCUT2D eigenvalue weighted by Crippen LogP contribution is 2.34. The van der Waals surface area contributed by atoms with Gasteiger partial charge in [0, 0.05) is 12.1 Å². The third kappa shape index (κ3) is 2.23. The molecule has 4 heteroatoms. The Morgan fingerprint density at radius 1 is 1.05 bits per heavy atom. The van der Waals surface area contributed by atoms with E-state index in [1.807, 2.05) is 48.5 Å². The maximum atomic E-state index is 11.5. The fraction of sp³-hybridized carbons (Fsp3) is 0.0588. The van der Waals surface area contributed by atoms with E-state index in [0.717, 1.165) is 32.2 Å². The molecule has 3 nitrogen and oxygen atoms in total. The van der Waals surface area contributed by atoms with Crippen LogP contribution in [-0.4, -0.2) is 10.8 Å².